The summed E-state index contributed by atoms with van der Waals surface area (Å²) < 4.78 is 15.2. The van der Waals surface area contributed by atoms with Crippen molar-refractivity contribution >= 4 is 34.8 Å². The molecule has 3 atom stereocenters. The molecule has 1 saturated carbocycles. The molecule has 3 aromatic rings. The Balaban J connectivity index is 0.710. The summed E-state index contributed by atoms with van der Waals surface area (Å²) in [5, 5.41) is 2.39. The average Bonchev–Trinajstić information content (AvgIpc) is 3.74. The fourth-order valence-corrected chi connectivity index (χ4v) is 11.7. The van der Waals surface area contributed by atoms with Crippen LogP contribution in [0.4, 0.5) is 15.9 Å². The van der Waals surface area contributed by atoms with Gasteiger partial charge in [-0.3, -0.25) is 34.5 Å². The number of benzene rings is 2. The third-order valence-corrected chi connectivity index (χ3v) is 14.7. The van der Waals surface area contributed by atoms with Crippen LogP contribution in [0.2, 0.25) is 0 Å². The Hall–Kier alpha value is -4.68. The number of aromatic nitrogens is 2. The van der Waals surface area contributed by atoms with Crippen LogP contribution in [0.3, 0.4) is 0 Å². The van der Waals surface area contributed by atoms with Gasteiger partial charge in [0.05, 0.1) is 24.1 Å². The Kier molecular flexibility index (Phi) is 9.66. The number of anilines is 2. The van der Waals surface area contributed by atoms with E-state index < -0.39 is 11.7 Å². The highest BCUT2D eigenvalue weighted by atomic mass is 19.1. The van der Waals surface area contributed by atoms with Crippen LogP contribution in [0.1, 0.15) is 105 Å². The minimum Gasteiger partial charge on any atom is -0.369 e. The maximum Gasteiger partial charge on any atom is 0.255 e. The van der Waals surface area contributed by atoms with Crippen LogP contribution in [-0.4, -0.2) is 112 Å². The van der Waals surface area contributed by atoms with Crippen molar-refractivity contribution in [3.8, 4) is 0 Å². The normalized spacial score (nSPS) is 26.3. The number of hydrogen-bond acceptors (Lipinski definition) is 9. The lowest BCUT2D eigenvalue weighted by Crippen LogP contribution is -2.53. The van der Waals surface area contributed by atoms with E-state index in [0.29, 0.717) is 30.5 Å². The SMILES string of the molecule is C[C@@H]1CC2=C(Cc3ccccc32)[C@@H](c2cnc(N3CCC4(CC3)CC(CN3CCN(c5ccc6c(c5)CN(C5CCC(=O)NC5=O)C6=O)CC3)C4)cn2)N1CC(C)(C)F. The molecule has 1 N–H and O–H groups in total. The molecular weight excluding hydrogens is 744 g/mol. The fourth-order valence-electron chi connectivity index (χ4n) is 11.7. The Labute approximate surface area is 347 Å². The van der Waals surface area contributed by atoms with Gasteiger partial charge in [0.25, 0.3) is 5.91 Å². The first-order chi connectivity index (χ1) is 28.4. The minimum absolute atomic E-state index is 0.0804. The van der Waals surface area contributed by atoms with Crippen LogP contribution in [0.15, 0.2) is 60.4 Å². The van der Waals surface area contributed by atoms with E-state index in [1.807, 2.05) is 24.5 Å². The van der Waals surface area contributed by atoms with Gasteiger partial charge in [0.15, 0.2) is 0 Å². The molecule has 12 heteroatoms. The lowest BCUT2D eigenvalue weighted by atomic mass is 9.57. The van der Waals surface area contributed by atoms with Crippen molar-refractivity contribution in [1.29, 1.82) is 0 Å². The van der Waals surface area contributed by atoms with E-state index in [0.717, 1.165) is 87.3 Å². The highest BCUT2D eigenvalue weighted by molar-refractivity contribution is 6.05. The van der Waals surface area contributed by atoms with Crippen molar-refractivity contribution in [2.75, 3.05) is 62.2 Å². The first-order valence-electron chi connectivity index (χ1n) is 22.0. The number of piperidine rings is 2. The molecule has 3 saturated heterocycles. The van der Waals surface area contributed by atoms with Crippen LogP contribution in [0, 0.1) is 11.3 Å². The summed E-state index contributed by atoms with van der Waals surface area (Å²) in [6, 6.07) is 14.3. The van der Waals surface area contributed by atoms with Crippen molar-refractivity contribution in [3.63, 3.8) is 0 Å². The third kappa shape index (κ3) is 7.23. The second-order valence-corrected chi connectivity index (χ2v) is 19.3. The predicted molar refractivity (Wildman–Crippen MR) is 226 cm³/mol. The molecule has 0 bridgehead atoms. The summed E-state index contributed by atoms with van der Waals surface area (Å²) >= 11 is 0. The van der Waals surface area contributed by atoms with Gasteiger partial charge < -0.3 is 14.7 Å². The molecule has 2 aromatic carbocycles. The van der Waals surface area contributed by atoms with Gasteiger partial charge in [0.2, 0.25) is 11.8 Å². The first kappa shape index (κ1) is 38.5. The summed E-state index contributed by atoms with van der Waals surface area (Å²) in [6.45, 7) is 13.5. The van der Waals surface area contributed by atoms with Crippen LogP contribution in [0.25, 0.3) is 5.57 Å². The maximum absolute atomic E-state index is 15.2. The first-order valence-corrected chi connectivity index (χ1v) is 22.0. The molecule has 6 heterocycles. The number of imide groups is 1. The predicted octanol–water partition coefficient (Wildman–Crippen LogP) is 5.95. The summed E-state index contributed by atoms with van der Waals surface area (Å²) in [5.74, 6) is 0.928. The van der Waals surface area contributed by atoms with Gasteiger partial charge in [-0.2, -0.15) is 0 Å². The van der Waals surface area contributed by atoms with Gasteiger partial charge in [-0.25, -0.2) is 9.37 Å². The van der Waals surface area contributed by atoms with Gasteiger partial charge in [0, 0.05) is 82.6 Å². The second kappa shape index (κ2) is 14.8. The molecule has 5 aliphatic heterocycles. The van der Waals surface area contributed by atoms with Gasteiger partial charge in [-0.15, -0.1) is 0 Å². The quantitative estimate of drug-likeness (QED) is 0.277. The molecule has 1 aromatic heterocycles. The van der Waals surface area contributed by atoms with Crippen molar-refractivity contribution in [1.82, 2.24) is 30.0 Å². The standard InChI is InChI=1S/C47H57FN8O3/c1-30-20-37-35-7-5-4-6-32(35)22-38(37)43(56(30)29-46(2,3)48)39-25-50-41(26-49-39)54-14-12-47(13-15-54)23-31(24-47)27-52-16-18-53(19-17-52)34-8-9-36-33(21-34)28-55(45(36)59)40-10-11-42(57)51-44(40)58/h4-9,21,25-26,30-31,40,43H,10-20,22-24,27-29H2,1-3H3,(H,51,57,58)/t30-,40?,43+/m1/s1. The number of carbonyl (C=O) groups is 3. The van der Waals surface area contributed by atoms with Crippen LogP contribution in [0.5, 0.6) is 0 Å². The topological polar surface area (TPSA) is 105 Å². The van der Waals surface area contributed by atoms with Crippen molar-refractivity contribution < 1.29 is 18.8 Å². The summed E-state index contributed by atoms with van der Waals surface area (Å²) in [4.78, 5) is 58.8. The number of hydrogen-bond donors (Lipinski definition) is 1. The zero-order valence-electron chi connectivity index (χ0n) is 34.8. The van der Waals surface area contributed by atoms with Crippen molar-refractivity contribution in [3.05, 3.63) is 88.4 Å². The number of fused-ring (bicyclic) bond motifs is 3. The monoisotopic (exact) mass is 800 g/mol. The highest BCUT2D eigenvalue weighted by Gasteiger charge is 2.47. The number of nitrogens with one attached hydrogen (secondary N) is 1. The zero-order chi connectivity index (χ0) is 40.6. The zero-order valence-corrected chi connectivity index (χ0v) is 34.8. The molecule has 1 spiro atoms. The molecule has 59 heavy (non-hydrogen) atoms. The molecule has 10 rings (SSSR count). The van der Waals surface area contributed by atoms with Crippen LogP contribution in [-0.2, 0) is 22.6 Å². The minimum atomic E-state index is -1.32. The number of amides is 3. The number of nitrogens with zero attached hydrogens (tertiary/aromatic N) is 7. The van der Waals surface area contributed by atoms with Gasteiger partial charge in [0.1, 0.15) is 17.5 Å². The van der Waals surface area contributed by atoms with E-state index in [2.05, 4.69) is 62.2 Å². The number of halogens is 1. The molecule has 310 valence electrons. The Morgan fingerprint density at radius 2 is 1.68 bits per heavy atom. The largest absolute Gasteiger partial charge is 0.369 e. The molecule has 11 nitrogen and oxygen atoms in total. The summed E-state index contributed by atoms with van der Waals surface area (Å²) in [6.07, 6.45) is 11.4. The van der Waals surface area contributed by atoms with Crippen LogP contribution >= 0.6 is 0 Å². The van der Waals surface area contributed by atoms with E-state index >= 15 is 4.39 Å². The van der Waals surface area contributed by atoms with Gasteiger partial charge >= 0.3 is 0 Å². The van der Waals surface area contributed by atoms with E-state index in [-0.39, 0.29) is 36.2 Å². The lowest BCUT2D eigenvalue weighted by molar-refractivity contribution is -0.136. The molecule has 7 aliphatic rings. The van der Waals surface area contributed by atoms with Crippen molar-refractivity contribution in [2.45, 2.75) is 102 Å². The molecule has 0 radical (unpaired) electrons. The maximum atomic E-state index is 15.2. The van der Waals surface area contributed by atoms with Crippen LogP contribution < -0.4 is 15.1 Å². The number of piperazine rings is 1. The second-order valence-electron chi connectivity index (χ2n) is 19.3. The molecular formula is C47H57FN8O3. The molecule has 4 fully saturated rings. The number of carbonyl (C=O) groups excluding carboxylic acids is 3. The number of alkyl halides is 1. The third-order valence-electron chi connectivity index (χ3n) is 14.7. The lowest BCUT2D eigenvalue weighted by Gasteiger charge is -2.53. The molecule has 3 amide bonds. The Morgan fingerprint density at radius 1 is 0.898 bits per heavy atom. The highest BCUT2D eigenvalue weighted by Crippen LogP contribution is 2.53. The number of rotatable bonds is 8. The molecule has 1 unspecified atom stereocenters. The summed E-state index contributed by atoms with van der Waals surface area (Å²) in [5.41, 5.74) is 8.28. The smallest absolute Gasteiger partial charge is 0.255 e. The van der Waals surface area contributed by atoms with E-state index in [1.165, 1.54) is 48.0 Å². The van der Waals surface area contributed by atoms with E-state index in [1.54, 1.807) is 18.7 Å². The van der Waals surface area contributed by atoms with E-state index in [4.69, 9.17) is 9.97 Å². The van der Waals surface area contributed by atoms with Gasteiger partial charge in [-0.1, -0.05) is 24.3 Å². The van der Waals surface area contributed by atoms with Gasteiger partial charge in [-0.05, 0) is 123 Å². The fraction of sp³-hybridized carbons (Fsp3) is 0.553. The Morgan fingerprint density at radius 3 is 2.41 bits per heavy atom. The van der Waals surface area contributed by atoms with E-state index in [9.17, 15) is 14.4 Å². The Bertz CT molecular complexity index is 2180. The summed E-state index contributed by atoms with van der Waals surface area (Å²) in [7, 11) is 0. The molecule has 2 aliphatic carbocycles. The average molecular weight is 801 g/mol. The van der Waals surface area contributed by atoms with Crippen molar-refractivity contribution in [2.24, 2.45) is 11.3 Å².